The predicted octanol–water partition coefficient (Wildman–Crippen LogP) is 6.01. The normalized spacial score (nSPS) is 21.2. The van der Waals surface area contributed by atoms with Crippen LogP contribution in [0.1, 0.15) is 55.2 Å². The number of ether oxygens (including phenoxy) is 1. The monoisotopic (exact) mass is 312 g/mol. The van der Waals surface area contributed by atoms with E-state index in [1.54, 1.807) is 13.0 Å². The molecule has 0 spiro atoms. The minimum Gasteiger partial charge on any atom is -0.489 e. The minimum absolute atomic E-state index is 0.218. The molecular weight excluding hydrogens is 287 g/mol. The molecule has 0 heterocycles. The van der Waals surface area contributed by atoms with Crippen LogP contribution in [0, 0.1) is 18.7 Å². The van der Waals surface area contributed by atoms with Gasteiger partial charge in [-0.15, -0.1) is 0 Å². The summed E-state index contributed by atoms with van der Waals surface area (Å²) in [6.07, 6.45) is 5.29. The summed E-state index contributed by atoms with van der Waals surface area (Å²) in [7, 11) is 0. The molecule has 3 rings (SSSR count). The van der Waals surface area contributed by atoms with Crippen LogP contribution in [0.5, 0.6) is 5.75 Å². The van der Waals surface area contributed by atoms with Crippen molar-refractivity contribution in [1.82, 2.24) is 0 Å². The molecule has 0 saturated heterocycles. The first-order chi connectivity index (χ1) is 11.1. The van der Waals surface area contributed by atoms with Gasteiger partial charge in [-0.2, -0.15) is 0 Å². The summed E-state index contributed by atoms with van der Waals surface area (Å²) in [5.41, 5.74) is 3.21. The number of halogens is 1. The lowest BCUT2D eigenvalue weighted by Gasteiger charge is -2.26. The number of hydrogen-bond acceptors (Lipinski definition) is 1. The maximum atomic E-state index is 13.5. The van der Waals surface area contributed by atoms with Crippen LogP contribution in [-0.4, -0.2) is 0 Å². The van der Waals surface area contributed by atoms with Gasteiger partial charge in [0.15, 0.2) is 0 Å². The molecular formula is C21H25FO. The van der Waals surface area contributed by atoms with Gasteiger partial charge in [0.2, 0.25) is 0 Å². The molecule has 1 saturated carbocycles. The van der Waals surface area contributed by atoms with Crippen molar-refractivity contribution in [1.29, 1.82) is 0 Å². The summed E-state index contributed by atoms with van der Waals surface area (Å²) in [5.74, 6) is 1.96. The number of aryl methyl sites for hydroxylation is 1. The first kappa shape index (κ1) is 16.0. The quantitative estimate of drug-likeness (QED) is 0.672. The van der Waals surface area contributed by atoms with E-state index in [0.717, 1.165) is 11.5 Å². The van der Waals surface area contributed by atoms with Crippen LogP contribution < -0.4 is 4.74 Å². The van der Waals surface area contributed by atoms with Crippen molar-refractivity contribution < 1.29 is 9.13 Å². The number of rotatable bonds is 4. The molecule has 1 aliphatic rings. The lowest BCUT2D eigenvalue weighted by molar-refractivity contribution is 0.304. The van der Waals surface area contributed by atoms with Crippen molar-refractivity contribution in [3.05, 3.63) is 65.0 Å². The molecule has 1 fully saturated rings. The second kappa shape index (κ2) is 7.16. The zero-order chi connectivity index (χ0) is 16.2. The maximum Gasteiger partial charge on any atom is 0.129 e. The van der Waals surface area contributed by atoms with E-state index in [1.165, 1.54) is 37.3 Å². The van der Waals surface area contributed by atoms with Crippen LogP contribution in [-0.2, 0) is 6.61 Å². The van der Waals surface area contributed by atoms with Crippen molar-refractivity contribution in [3.63, 3.8) is 0 Å². The van der Waals surface area contributed by atoms with Gasteiger partial charge in [-0.3, -0.25) is 0 Å². The summed E-state index contributed by atoms with van der Waals surface area (Å²) < 4.78 is 19.2. The van der Waals surface area contributed by atoms with Gasteiger partial charge < -0.3 is 4.74 Å². The lowest BCUT2D eigenvalue weighted by atomic mass is 9.79. The third kappa shape index (κ3) is 4.13. The fraction of sp³-hybridized carbons (Fsp3) is 0.429. The molecule has 1 aliphatic carbocycles. The van der Waals surface area contributed by atoms with E-state index in [9.17, 15) is 4.39 Å². The average molecular weight is 312 g/mol. The molecule has 0 aromatic heterocycles. The summed E-state index contributed by atoms with van der Waals surface area (Å²) in [5, 5.41) is 0. The SMILES string of the molecule is Cc1ccc(OCc2ccc(C3CCC(C)CC3)cc2)cc1F. The first-order valence-electron chi connectivity index (χ1n) is 8.59. The maximum absolute atomic E-state index is 13.5. The molecule has 0 amide bonds. The third-order valence-corrected chi connectivity index (χ3v) is 5.02. The topological polar surface area (TPSA) is 9.23 Å². The molecule has 2 aromatic rings. The molecule has 0 radical (unpaired) electrons. The Kier molecular flexibility index (Phi) is 5.00. The molecule has 0 atom stereocenters. The van der Waals surface area contributed by atoms with Gasteiger partial charge in [0.1, 0.15) is 18.2 Å². The van der Waals surface area contributed by atoms with Gasteiger partial charge in [-0.05, 0) is 54.4 Å². The van der Waals surface area contributed by atoms with Gasteiger partial charge in [0, 0.05) is 6.07 Å². The van der Waals surface area contributed by atoms with Crippen molar-refractivity contribution >= 4 is 0 Å². The highest BCUT2D eigenvalue weighted by molar-refractivity contribution is 5.29. The summed E-state index contributed by atoms with van der Waals surface area (Å²) >= 11 is 0. The van der Waals surface area contributed by atoms with Gasteiger partial charge in [-0.25, -0.2) is 4.39 Å². The van der Waals surface area contributed by atoms with E-state index in [1.807, 2.05) is 6.07 Å². The second-order valence-corrected chi connectivity index (χ2v) is 6.90. The highest BCUT2D eigenvalue weighted by atomic mass is 19.1. The zero-order valence-electron chi connectivity index (χ0n) is 14.0. The molecule has 2 aromatic carbocycles. The molecule has 2 heteroatoms. The van der Waals surface area contributed by atoms with Crippen LogP contribution in [0.25, 0.3) is 0 Å². The largest absolute Gasteiger partial charge is 0.489 e. The van der Waals surface area contributed by atoms with Gasteiger partial charge in [0.05, 0.1) is 0 Å². The van der Waals surface area contributed by atoms with Gasteiger partial charge >= 0.3 is 0 Å². The first-order valence-corrected chi connectivity index (χ1v) is 8.59. The van der Waals surface area contributed by atoms with E-state index in [-0.39, 0.29) is 5.82 Å². The molecule has 0 bridgehead atoms. The number of benzene rings is 2. The van der Waals surface area contributed by atoms with E-state index < -0.39 is 0 Å². The van der Waals surface area contributed by atoms with Crippen molar-refractivity contribution in [2.45, 2.75) is 52.1 Å². The zero-order valence-corrected chi connectivity index (χ0v) is 14.0. The highest BCUT2D eigenvalue weighted by Gasteiger charge is 2.19. The Bertz CT molecular complexity index is 639. The molecule has 1 nitrogen and oxygen atoms in total. The van der Waals surface area contributed by atoms with Gasteiger partial charge in [0.25, 0.3) is 0 Å². The van der Waals surface area contributed by atoms with Crippen LogP contribution >= 0.6 is 0 Å². The fourth-order valence-electron chi connectivity index (χ4n) is 3.31. The Balaban J connectivity index is 1.58. The molecule has 23 heavy (non-hydrogen) atoms. The molecule has 0 unspecified atom stereocenters. The Hall–Kier alpha value is -1.83. The van der Waals surface area contributed by atoms with E-state index in [2.05, 4.69) is 31.2 Å². The van der Waals surface area contributed by atoms with Gasteiger partial charge in [-0.1, -0.05) is 50.1 Å². The smallest absolute Gasteiger partial charge is 0.129 e. The fourth-order valence-corrected chi connectivity index (χ4v) is 3.31. The Labute approximate surface area is 138 Å². The molecule has 0 N–H and O–H groups in total. The van der Waals surface area contributed by atoms with Crippen LogP contribution in [0.4, 0.5) is 4.39 Å². The number of hydrogen-bond donors (Lipinski definition) is 0. The summed E-state index contributed by atoms with van der Waals surface area (Å²) in [6.45, 7) is 4.58. The van der Waals surface area contributed by atoms with Crippen LogP contribution in [0.15, 0.2) is 42.5 Å². The van der Waals surface area contributed by atoms with E-state index in [0.29, 0.717) is 23.8 Å². The summed E-state index contributed by atoms with van der Waals surface area (Å²) in [6, 6.07) is 13.8. The van der Waals surface area contributed by atoms with Crippen molar-refractivity contribution in [2.24, 2.45) is 5.92 Å². The van der Waals surface area contributed by atoms with E-state index >= 15 is 0 Å². The second-order valence-electron chi connectivity index (χ2n) is 6.90. The molecule has 0 aliphatic heterocycles. The van der Waals surface area contributed by atoms with E-state index in [4.69, 9.17) is 4.74 Å². The highest BCUT2D eigenvalue weighted by Crippen LogP contribution is 2.35. The Morgan fingerprint density at radius 1 is 1.00 bits per heavy atom. The summed E-state index contributed by atoms with van der Waals surface area (Å²) in [4.78, 5) is 0. The standard InChI is InChI=1S/C21H25FO/c1-15-3-8-18(9-4-15)19-10-6-17(7-11-19)14-23-20-12-5-16(2)21(22)13-20/h5-7,10-13,15,18H,3-4,8-9,14H2,1-2H3. The van der Waals surface area contributed by atoms with Crippen LogP contribution in [0.3, 0.4) is 0 Å². The minimum atomic E-state index is -0.218. The molecule has 122 valence electrons. The third-order valence-electron chi connectivity index (χ3n) is 5.02. The Morgan fingerprint density at radius 3 is 2.35 bits per heavy atom. The van der Waals surface area contributed by atoms with Crippen molar-refractivity contribution in [2.75, 3.05) is 0 Å². The average Bonchev–Trinajstić information content (AvgIpc) is 2.57. The van der Waals surface area contributed by atoms with Crippen LogP contribution in [0.2, 0.25) is 0 Å². The Morgan fingerprint density at radius 2 is 1.70 bits per heavy atom. The predicted molar refractivity (Wildman–Crippen MR) is 92.3 cm³/mol. The lowest BCUT2D eigenvalue weighted by Crippen LogP contribution is -2.10. The van der Waals surface area contributed by atoms with Crippen molar-refractivity contribution in [3.8, 4) is 5.75 Å².